The third-order valence-electron chi connectivity index (χ3n) is 5.42. The van der Waals surface area contributed by atoms with Crippen LogP contribution in [0.1, 0.15) is 40.5 Å². The van der Waals surface area contributed by atoms with Crippen molar-refractivity contribution in [2.24, 2.45) is 0 Å². The second kappa shape index (κ2) is 6.24. The van der Waals surface area contributed by atoms with E-state index >= 15 is 0 Å². The minimum Gasteiger partial charge on any atom is -0.399 e. The molecule has 0 saturated carbocycles. The molecule has 3 aliphatic rings. The molecule has 1 unspecified atom stereocenters. The average molecular weight is 321 g/mol. The van der Waals surface area contributed by atoms with Gasteiger partial charge in [-0.2, -0.15) is 0 Å². The van der Waals surface area contributed by atoms with E-state index in [1.807, 2.05) is 0 Å². The lowest BCUT2D eigenvalue weighted by Gasteiger charge is -2.39. The summed E-state index contributed by atoms with van der Waals surface area (Å²) in [6, 6.07) is 0.427. The number of ether oxygens (including phenoxy) is 2. The van der Waals surface area contributed by atoms with Gasteiger partial charge in [-0.15, -0.1) is 0 Å². The average Bonchev–Trinajstić information content (AvgIpc) is 2.75. The number of rotatable bonds is 3. The van der Waals surface area contributed by atoms with Crippen LogP contribution in [-0.4, -0.2) is 55.8 Å². The van der Waals surface area contributed by atoms with E-state index in [9.17, 15) is 0 Å². The van der Waals surface area contributed by atoms with Crippen LogP contribution in [0.4, 0.5) is 0 Å². The van der Waals surface area contributed by atoms with Crippen LogP contribution < -0.4 is 0 Å². The van der Waals surface area contributed by atoms with Crippen molar-refractivity contribution in [3.63, 3.8) is 0 Å². The molecule has 6 heteroatoms. The third kappa shape index (κ3) is 3.22. The molecule has 3 aliphatic heterocycles. The van der Waals surface area contributed by atoms with Gasteiger partial charge in [-0.25, -0.2) is 0 Å². The van der Waals surface area contributed by atoms with E-state index in [0.717, 1.165) is 31.5 Å². The van der Waals surface area contributed by atoms with Crippen LogP contribution in [0.5, 0.6) is 0 Å². The van der Waals surface area contributed by atoms with E-state index in [2.05, 4.69) is 50.9 Å². The maximum Gasteiger partial charge on any atom is 0.496 e. The highest BCUT2D eigenvalue weighted by atomic mass is 16.7. The summed E-state index contributed by atoms with van der Waals surface area (Å²) in [7, 11) is 1.41. The summed E-state index contributed by atoms with van der Waals surface area (Å²) in [6.07, 6.45) is 8.28. The highest BCUT2D eigenvalue weighted by molar-refractivity contribution is 6.55. The van der Waals surface area contributed by atoms with Gasteiger partial charge < -0.3 is 23.7 Å². The summed E-state index contributed by atoms with van der Waals surface area (Å²) in [4.78, 5) is 2.28. The lowest BCUT2D eigenvalue weighted by molar-refractivity contribution is -0.0290. The zero-order valence-electron chi connectivity index (χ0n) is 14.9. The topological polar surface area (TPSA) is 40.2 Å². The summed E-state index contributed by atoms with van der Waals surface area (Å²) in [6.45, 7) is 9.92. The fraction of sp³-hybridized carbons (Fsp3) is 0.765. The minimum absolute atomic E-state index is 0.0377. The fourth-order valence-corrected chi connectivity index (χ4v) is 3.20. The molecule has 0 aliphatic carbocycles. The molecular formula is C17H28BNO4. The van der Waals surface area contributed by atoms with Gasteiger partial charge in [0, 0.05) is 32.6 Å². The van der Waals surface area contributed by atoms with Gasteiger partial charge >= 0.3 is 7.12 Å². The van der Waals surface area contributed by atoms with Crippen molar-refractivity contribution >= 4 is 7.12 Å². The van der Waals surface area contributed by atoms with Crippen LogP contribution >= 0.6 is 0 Å². The fourth-order valence-electron chi connectivity index (χ4n) is 3.20. The normalized spacial score (nSPS) is 30.7. The second-order valence-corrected chi connectivity index (χ2v) is 7.49. The van der Waals surface area contributed by atoms with Gasteiger partial charge in [0.05, 0.1) is 11.2 Å². The van der Waals surface area contributed by atoms with Gasteiger partial charge in [-0.3, -0.25) is 0 Å². The second-order valence-electron chi connectivity index (χ2n) is 7.49. The van der Waals surface area contributed by atoms with Gasteiger partial charge in [0.25, 0.3) is 0 Å². The Balaban J connectivity index is 1.80. The van der Waals surface area contributed by atoms with Crippen LogP contribution in [-0.2, 0) is 18.8 Å². The van der Waals surface area contributed by atoms with Crippen LogP contribution in [0.15, 0.2) is 23.8 Å². The standard InChI is InChI=1S/C17H28BNO4/c1-16(2)17(3,4)23-18(22-16)13-6-7-15(20-5)19(12-13)14-8-10-21-11-9-14/h6-7,12,14-15H,8-11H2,1-5H3. The van der Waals surface area contributed by atoms with Crippen molar-refractivity contribution in [2.45, 2.75) is 64.0 Å². The summed E-state index contributed by atoms with van der Waals surface area (Å²) in [5.41, 5.74) is 0.394. The van der Waals surface area contributed by atoms with Crippen LogP contribution in [0.2, 0.25) is 0 Å². The van der Waals surface area contributed by atoms with Crippen molar-refractivity contribution < 1.29 is 18.8 Å². The number of methoxy groups -OCH3 is 1. The van der Waals surface area contributed by atoms with Crippen LogP contribution in [0.3, 0.4) is 0 Å². The van der Waals surface area contributed by atoms with E-state index in [0.29, 0.717) is 6.04 Å². The molecule has 3 heterocycles. The Morgan fingerprint density at radius 1 is 1.13 bits per heavy atom. The van der Waals surface area contributed by atoms with Crippen molar-refractivity contribution in [2.75, 3.05) is 20.3 Å². The molecule has 5 nitrogen and oxygen atoms in total. The molecular weight excluding hydrogens is 293 g/mol. The van der Waals surface area contributed by atoms with Gasteiger partial charge in [-0.05, 0) is 52.1 Å². The molecule has 0 spiro atoms. The SMILES string of the molecule is COC1C=CC(B2OC(C)(C)C(C)(C)O2)=CN1C1CCOCC1. The first-order valence-corrected chi connectivity index (χ1v) is 8.47. The van der Waals surface area contributed by atoms with Gasteiger partial charge in [0.15, 0.2) is 0 Å². The maximum absolute atomic E-state index is 6.17. The zero-order chi connectivity index (χ0) is 16.7. The van der Waals surface area contributed by atoms with Crippen LogP contribution in [0.25, 0.3) is 0 Å². The van der Waals surface area contributed by atoms with E-state index in [1.54, 1.807) is 7.11 Å². The molecule has 1 atom stereocenters. The molecule has 0 aromatic heterocycles. The Hall–Kier alpha value is -0.815. The Labute approximate surface area is 139 Å². The number of nitrogens with zero attached hydrogens (tertiary/aromatic N) is 1. The van der Waals surface area contributed by atoms with Crippen LogP contribution in [0, 0.1) is 0 Å². The zero-order valence-corrected chi connectivity index (χ0v) is 14.9. The van der Waals surface area contributed by atoms with E-state index in [4.69, 9.17) is 18.8 Å². The van der Waals surface area contributed by atoms with Crippen molar-refractivity contribution in [3.8, 4) is 0 Å². The Kier molecular flexibility index (Phi) is 4.62. The Morgan fingerprint density at radius 3 is 2.30 bits per heavy atom. The molecule has 23 heavy (non-hydrogen) atoms. The first kappa shape index (κ1) is 17.0. The molecule has 0 aromatic rings. The molecule has 0 amide bonds. The summed E-state index contributed by atoms with van der Waals surface area (Å²) in [5.74, 6) is 0. The number of hydrogen-bond acceptors (Lipinski definition) is 5. The summed E-state index contributed by atoms with van der Waals surface area (Å²) in [5, 5.41) is 0. The predicted octanol–water partition coefficient (Wildman–Crippen LogP) is 2.53. The lowest BCUT2D eigenvalue weighted by Crippen LogP contribution is -2.44. The van der Waals surface area contributed by atoms with E-state index in [1.165, 1.54) is 0 Å². The van der Waals surface area contributed by atoms with E-state index in [-0.39, 0.29) is 24.5 Å². The molecule has 128 valence electrons. The molecule has 0 aromatic carbocycles. The number of allylic oxidation sites excluding steroid dienone is 2. The molecule has 0 N–H and O–H groups in total. The lowest BCUT2D eigenvalue weighted by atomic mass is 9.77. The van der Waals surface area contributed by atoms with Gasteiger partial charge in [0.2, 0.25) is 0 Å². The smallest absolute Gasteiger partial charge is 0.399 e. The highest BCUT2D eigenvalue weighted by Crippen LogP contribution is 2.39. The molecule has 2 saturated heterocycles. The third-order valence-corrected chi connectivity index (χ3v) is 5.42. The highest BCUT2D eigenvalue weighted by Gasteiger charge is 2.52. The van der Waals surface area contributed by atoms with Crippen molar-refractivity contribution in [1.82, 2.24) is 4.90 Å². The van der Waals surface area contributed by atoms with Crippen molar-refractivity contribution in [1.29, 1.82) is 0 Å². The van der Waals surface area contributed by atoms with Gasteiger partial charge in [0.1, 0.15) is 6.23 Å². The first-order chi connectivity index (χ1) is 10.8. The number of hydrogen-bond donors (Lipinski definition) is 0. The maximum atomic E-state index is 6.17. The first-order valence-electron chi connectivity index (χ1n) is 8.47. The van der Waals surface area contributed by atoms with Crippen molar-refractivity contribution in [3.05, 3.63) is 23.8 Å². The Bertz CT molecular complexity index is 481. The van der Waals surface area contributed by atoms with E-state index < -0.39 is 0 Å². The molecule has 2 fully saturated rings. The summed E-state index contributed by atoms with van der Waals surface area (Å²) >= 11 is 0. The monoisotopic (exact) mass is 321 g/mol. The van der Waals surface area contributed by atoms with Gasteiger partial charge in [-0.1, -0.05) is 6.08 Å². The predicted molar refractivity (Wildman–Crippen MR) is 89.8 cm³/mol. The molecule has 3 rings (SSSR count). The summed E-state index contributed by atoms with van der Waals surface area (Å²) < 4.78 is 23.5. The molecule has 0 radical (unpaired) electrons. The minimum atomic E-state index is -0.337. The largest absolute Gasteiger partial charge is 0.496 e. The molecule has 0 bridgehead atoms. The quantitative estimate of drug-likeness (QED) is 0.747. The Morgan fingerprint density at radius 2 is 1.74 bits per heavy atom.